The van der Waals surface area contributed by atoms with Crippen LogP contribution in [0.25, 0.3) is 0 Å². The quantitative estimate of drug-likeness (QED) is 0.543. The Morgan fingerprint density at radius 2 is 1.95 bits per heavy atom. The number of nitrogens with zero attached hydrogens (tertiary/aromatic N) is 2. The molecule has 0 aliphatic carbocycles. The lowest BCUT2D eigenvalue weighted by atomic mass is 10.3. The lowest BCUT2D eigenvalue weighted by Gasteiger charge is -2.24. The van der Waals surface area contributed by atoms with Gasteiger partial charge in [-0.15, -0.1) is 0 Å². The zero-order valence-electron chi connectivity index (χ0n) is 12.3. The van der Waals surface area contributed by atoms with Crippen molar-refractivity contribution in [3.05, 3.63) is 12.1 Å². The topological polar surface area (TPSA) is 34.5 Å². The van der Waals surface area contributed by atoms with Gasteiger partial charge in [-0.25, -0.2) is 0 Å². The van der Waals surface area contributed by atoms with E-state index in [9.17, 15) is 4.79 Å². The van der Waals surface area contributed by atoms with Gasteiger partial charge in [0, 0.05) is 20.1 Å². The van der Waals surface area contributed by atoms with E-state index in [2.05, 4.69) is 40.2 Å². The summed E-state index contributed by atoms with van der Waals surface area (Å²) in [7, 11) is 3.47. The maximum absolute atomic E-state index is 11.2. The third kappa shape index (κ3) is 4.49. The number of thioether (sulfide) groups is 1. The molecule has 1 aromatic rings. The van der Waals surface area contributed by atoms with Crippen LogP contribution in [-0.4, -0.2) is 36.5 Å². The Balaban J connectivity index is 2.75. The number of esters is 1. The van der Waals surface area contributed by atoms with Crippen LogP contribution in [0, 0.1) is 0 Å². The minimum absolute atomic E-state index is 0.188. The standard InChI is InChI=1S/C14H24N2O2S/c1-5-9-16(10-6-2)12-7-8-13(15(12)3)19-11-14(17)18-4/h7-8H,5-6,9-11H2,1-4H3. The molecule has 108 valence electrons. The third-order valence-electron chi connectivity index (χ3n) is 2.93. The highest BCUT2D eigenvalue weighted by molar-refractivity contribution is 7.99. The number of ether oxygens (including phenoxy) is 1. The minimum Gasteiger partial charge on any atom is -0.468 e. The molecule has 0 bridgehead atoms. The van der Waals surface area contributed by atoms with Crippen LogP contribution in [0.2, 0.25) is 0 Å². The molecule has 0 unspecified atom stereocenters. The summed E-state index contributed by atoms with van der Waals surface area (Å²) < 4.78 is 6.82. The SMILES string of the molecule is CCCN(CCC)c1ccc(SCC(=O)OC)n1C. The van der Waals surface area contributed by atoms with Gasteiger partial charge in [0.1, 0.15) is 5.82 Å². The van der Waals surface area contributed by atoms with Gasteiger partial charge in [-0.3, -0.25) is 4.79 Å². The second-order valence-electron chi connectivity index (χ2n) is 4.44. The number of carbonyl (C=O) groups excluding carboxylic acids is 1. The van der Waals surface area contributed by atoms with Crippen molar-refractivity contribution >= 4 is 23.5 Å². The molecule has 0 saturated carbocycles. The summed E-state index contributed by atoms with van der Waals surface area (Å²) in [6.45, 7) is 6.51. The molecule has 0 atom stereocenters. The second kappa shape index (κ2) is 8.15. The van der Waals surface area contributed by atoms with E-state index in [1.165, 1.54) is 24.7 Å². The van der Waals surface area contributed by atoms with Crippen LogP contribution >= 0.6 is 11.8 Å². The van der Waals surface area contributed by atoms with Crippen LogP contribution in [0.3, 0.4) is 0 Å². The first kappa shape index (κ1) is 16.0. The highest BCUT2D eigenvalue weighted by Crippen LogP contribution is 2.26. The van der Waals surface area contributed by atoms with E-state index in [-0.39, 0.29) is 5.97 Å². The van der Waals surface area contributed by atoms with Gasteiger partial charge in [0.15, 0.2) is 0 Å². The van der Waals surface area contributed by atoms with E-state index in [0.29, 0.717) is 5.75 Å². The van der Waals surface area contributed by atoms with Crippen molar-refractivity contribution in [2.75, 3.05) is 30.9 Å². The molecule has 5 heteroatoms. The van der Waals surface area contributed by atoms with Gasteiger partial charge in [0.2, 0.25) is 0 Å². The van der Waals surface area contributed by atoms with Gasteiger partial charge in [-0.1, -0.05) is 25.6 Å². The van der Waals surface area contributed by atoms with E-state index in [1.54, 1.807) is 0 Å². The van der Waals surface area contributed by atoms with Crippen molar-refractivity contribution in [2.24, 2.45) is 7.05 Å². The number of anilines is 1. The molecule has 0 amide bonds. The first-order chi connectivity index (χ1) is 9.13. The normalized spacial score (nSPS) is 10.5. The van der Waals surface area contributed by atoms with Crippen LogP contribution in [0.15, 0.2) is 17.2 Å². The van der Waals surface area contributed by atoms with Gasteiger partial charge in [-0.2, -0.15) is 0 Å². The number of rotatable bonds is 8. The molecule has 19 heavy (non-hydrogen) atoms. The van der Waals surface area contributed by atoms with Crippen LogP contribution in [0.5, 0.6) is 0 Å². The Hall–Kier alpha value is -1.10. The molecule has 0 N–H and O–H groups in total. The molecule has 0 aromatic carbocycles. The largest absolute Gasteiger partial charge is 0.468 e. The van der Waals surface area contributed by atoms with Crippen LogP contribution in [0.1, 0.15) is 26.7 Å². The first-order valence-electron chi connectivity index (χ1n) is 6.74. The summed E-state index contributed by atoms with van der Waals surface area (Å²) in [5.41, 5.74) is 0. The maximum atomic E-state index is 11.2. The van der Waals surface area contributed by atoms with E-state index < -0.39 is 0 Å². The van der Waals surface area contributed by atoms with Gasteiger partial charge in [-0.05, 0) is 25.0 Å². The molecule has 1 rings (SSSR count). The zero-order chi connectivity index (χ0) is 14.3. The third-order valence-corrected chi connectivity index (χ3v) is 4.01. The highest BCUT2D eigenvalue weighted by Gasteiger charge is 2.12. The summed E-state index contributed by atoms with van der Waals surface area (Å²) in [6, 6.07) is 4.20. The number of aromatic nitrogens is 1. The van der Waals surface area contributed by atoms with E-state index in [1.807, 2.05) is 7.05 Å². The number of hydrogen-bond donors (Lipinski definition) is 0. The molecular formula is C14H24N2O2S. The average Bonchev–Trinajstić information content (AvgIpc) is 2.77. The Labute approximate surface area is 120 Å². The molecule has 1 aromatic heterocycles. The zero-order valence-corrected chi connectivity index (χ0v) is 13.1. The molecule has 0 saturated heterocycles. The number of methoxy groups -OCH3 is 1. The fourth-order valence-electron chi connectivity index (χ4n) is 2.02. The number of hydrogen-bond acceptors (Lipinski definition) is 4. The summed E-state index contributed by atoms with van der Waals surface area (Å²) in [5.74, 6) is 1.39. The predicted octanol–water partition coefficient (Wildman–Crippen LogP) is 2.92. The van der Waals surface area contributed by atoms with Gasteiger partial charge >= 0.3 is 5.97 Å². The minimum atomic E-state index is -0.188. The second-order valence-corrected chi connectivity index (χ2v) is 5.44. The molecule has 1 heterocycles. The fourth-order valence-corrected chi connectivity index (χ4v) is 2.85. The first-order valence-corrected chi connectivity index (χ1v) is 7.72. The lowest BCUT2D eigenvalue weighted by Crippen LogP contribution is -2.26. The Kier molecular flexibility index (Phi) is 6.84. The fraction of sp³-hybridized carbons (Fsp3) is 0.643. The molecule has 0 spiro atoms. The summed E-state index contributed by atoms with van der Waals surface area (Å²) in [6.07, 6.45) is 2.27. The monoisotopic (exact) mass is 284 g/mol. The molecule has 0 radical (unpaired) electrons. The van der Waals surface area contributed by atoms with Crippen molar-refractivity contribution in [1.29, 1.82) is 0 Å². The predicted molar refractivity (Wildman–Crippen MR) is 80.9 cm³/mol. The molecule has 0 aliphatic heterocycles. The van der Waals surface area contributed by atoms with Crippen molar-refractivity contribution in [3.63, 3.8) is 0 Å². The Morgan fingerprint density at radius 1 is 1.32 bits per heavy atom. The highest BCUT2D eigenvalue weighted by atomic mass is 32.2. The van der Waals surface area contributed by atoms with Crippen molar-refractivity contribution < 1.29 is 9.53 Å². The maximum Gasteiger partial charge on any atom is 0.316 e. The lowest BCUT2D eigenvalue weighted by molar-refractivity contribution is -0.137. The molecule has 0 aliphatic rings. The van der Waals surface area contributed by atoms with E-state index >= 15 is 0 Å². The van der Waals surface area contributed by atoms with Gasteiger partial charge < -0.3 is 14.2 Å². The van der Waals surface area contributed by atoms with Crippen LogP contribution in [-0.2, 0) is 16.6 Å². The van der Waals surface area contributed by atoms with E-state index in [4.69, 9.17) is 0 Å². The molecule has 4 nitrogen and oxygen atoms in total. The van der Waals surface area contributed by atoms with Crippen molar-refractivity contribution in [2.45, 2.75) is 31.7 Å². The van der Waals surface area contributed by atoms with Crippen LogP contribution in [0.4, 0.5) is 5.82 Å². The summed E-state index contributed by atoms with van der Waals surface area (Å²) in [4.78, 5) is 13.6. The smallest absolute Gasteiger partial charge is 0.316 e. The van der Waals surface area contributed by atoms with Gasteiger partial charge in [0.05, 0.1) is 17.9 Å². The average molecular weight is 284 g/mol. The Bertz CT molecular complexity index is 398. The number of carbonyl (C=O) groups is 1. The molecule has 0 fully saturated rings. The van der Waals surface area contributed by atoms with Crippen molar-refractivity contribution in [3.8, 4) is 0 Å². The van der Waals surface area contributed by atoms with E-state index in [0.717, 1.165) is 31.0 Å². The summed E-state index contributed by atoms with van der Waals surface area (Å²) in [5, 5.41) is 1.10. The Morgan fingerprint density at radius 3 is 2.47 bits per heavy atom. The van der Waals surface area contributed by atoms with Crippen LogP contribution < -0.4 is 4.90 Å². The van der Waals surface area contributed by atoms with Gasteiger partial charge in [0.25, 0.3) is 0 Å². The summed E-state index contributed by atoms with van der Waals surface area (Å²) >= 11 is 1.52. The molecular weight excluding hydrogens is 260 g/mol. The van der Waals surface area contributed by atoms with Crippen molar-refractivity contribution in [1.82, 2.24) is 4.57 Å².